The third kappa shape index (κ3) is 3.47. The third-order valence-corrected chi connectivity index (χ3v) is 9.33. The van der Waals surface area contributed by atoms with Gasteiger partial charge in [-0.1, -0.05) is 115 Å². The number of anilines is 1. The summed E-state index contributed by atoms with van der Waals surface area (Å²) in [6, 6.07) is 37.0. The van der Waals surface area contributed by atoms with Crippen LogP contribution in [0, 0.1) is 0 Å². The second-order valence-electron chi connectivity index (χ2n) is 10.3. The Hall–Kier alpha value is -4.35. The number of hydrogen-bond donors (Lipinski definition) is 0. The molecule has 0 amide bonds. The first-order chi connectivity index (χ1) is 19.5. The summed E-state index contributed by atoms with van der Waals surface area (Å²) in [5.41, 5.74) is 4.58. The minimum atomic E-state index is -1.24. The summed E-state index contributed by atoms with van der Waals surface area (Å²) in [6.45, 7) is 3.45. The number of benzene rings is 4. The van der Waals surface area contributed by atoms with Gasteiger partial charge in [0.05, 0.1) is 11.3 Å². The number of hydrogen-bond acceptors (Lipinski definition) is 5. The van der Waals surface area contributed by atoms with E-state index in [0.29, 0.717) is 16.9 Å². The summed E-state index contributed by atoms with van der Waals surface area (Å²) in [6.07, 6.45) is 0. The molecule has 4 aromatic rings. The molecule has 3 atom stereocenters. The van der Waals surface area contributed by atoms with Crippen molar-refractivity contribution in [2.75, 3.05) is 4.90 Å². The van der Waals surface area contributed by atoms with Gasteiger partial charge in [0.1, 0.15) is 17.2 Å². The van der Waals surface area contributed by atoms with Gasteiger partial charge in [-0.15, -0.1) is 0 Å². The lowest BCUT2D eigenvalue weighted by Crippen LogP contribution is -2.61. The van der Waals surface area contributed by atoms with Crippen molar-refractivity contribution in [2.24, 2.45) is 0 Å². The number of carbonyl (C=O) groups is 2. The largest absolute Gasteiger partial charge is 0.479 e. The molecule has 0 bridgehead atoms. The van der Waals surface area contributed by atoms with E-state index >= 15 is 0 Å². The number of nitrogens with zero attached hydrogens (tertiary/aromatic N) is 1. The standard InChI is InChI=1S/C35H27NO3S/c1-22(37)29-23(2)39-35(26-18-10-5-11-19-26)31(29)30(24-14-6-3-7-15-24)34-36(27-20-12-13-21-28(27)40-34)33(35)32(38)25-16-8-4-9-17-25/h3-21,33-34H,1-2H3. The van der Waals surface area contributed by atoms with Gasteiger partial charge in [0.15, 0.2) is 17.2 Å². The van der Waals surface area contributed by atoms with E-state index in [4.69, 9.17) is 4.74 Å². The van der Waals surface area contributed by atoms with Crippen molar-refractivity contribution < 1.29 is 14.3 Å². The van der Waals surface area contributed by atoms with Crippen LogP contribution in [0.15, 0.2) is 137 Å². The van der Waals surface area contributed by atoms with Crippen LogP contribution in [0.4, 0.5) is 5.69 Å². The molecule has 0 fully saturated rings. The Labute approximate surface area is 238 Å². The Morgan fingerprint density at radius 1 is 0.800 bits per heavy atom. The van der Waals surface area contributed by atoms with Crippen LogP contribution in [0.25, 0.3) is 5.57 Å². The molecular formula is C35H27NO3S. The summed E-state index contributed by atoms with van der Waals surface area (Å²) >= 11 is 1.72. The number of ketones is 2. The molecule has 40 heavy (non-hydrogen) atoms. The van der Waals surface area contributed by atoms with Crippen molar-refractivity contribution in [1.82, 2.24) is 0 Å². The summed E-state index contributed by atoms with van der Waals surface area (Å²) in [5, 5.41) is -0.229. The van der Waals surface area contributed by atoms with Crippen LogP contribution in [0.5, 0.6) is 0 Å². The highest BCUT2D eigenvalue weighted by molar-refractivity contribution is 8.01. The van der Waals surface area contributed by atoms with Gasteiger partial charge in [0, 0.05) is 27.2 Å². The van der Waals surface area contributed by atoms with Crippen LogP contribution in [-0.2, 0) is 15.1 Å². The number of para-hydroxylation sites is 1. The van der Waals surface area contributed by atoms with Gasteiger partial charge in [-0.05, 0) is 31.5 Å². The predicted octanol–water partition coefficient (Wildman–Crippen LogP) is 7.43. The van der Waals surface area contributed by atoms with E-state index in [1.54, 1.807) is 18.7 Å². The van der Waals surface area contributed by atoms with Crippen molar-refractivity contribution in [1.29, 1.82) is 0 Å². The number of ether oxygens (including phenoxy) is 1. The Balaban J connectivity index is 1.64. The van der Waals surface area contributed by atoms with E-state index in [2.05, 4.69) is 29.2 Å². The normalized spacial score (nSPS) is 22.9. The molecule has 0 saturated carbocycles. The molecular weight excluding hydrogens is 514 g/mol. The van der Waals surface area contributed by atoms with E-state index in [-0.39, 0.29) is 16.9 Å². The molecule has 0 saturated heterocycles. The Morgan fingerprint density at radius 2 is 1.40 bits per heavy atom. The molecule has 3 aliphatic heterocycles. The second-order valence-corrected chi connectivity index (χ2v) is 11.4. The average Bonchev–Trinajstić information content (AvgIpc) is 3.52. The number of Topliss-reactive ketones (excluding diaryl/α,β-unsaturated/α-hetero) is 2. The maximum Gasteiger partial charge on any atom is 0.190 e. The van der Waals surface area contributed by atoms with Gasteiger partial charge in [-0.25, -0.2) is 0 Å². The van der Waals surface area contributed by atoms with Crippen molar-refractivity contribution >= 4 is 34.6 Å². The van der Waals surface area contributed by atoms with Gasteiger partial charge < -0.3 is 9.64 Å². The van der Waals surface area contributed by atoms with Crippen molar-refractivity contribution in [3.05, 3.63) is 149 Å². The first-order valence-electron chi connectivity index (χ1n) is 13.4. The Bertz CT molecular complexity index is 1710. The van der Waals surface area contributed by atoms with Crippen LogP contribution in [0.2, 0.25) is 0 Å². The lowest BCUT2D eigenvalue weighted by Gasteiger charge is -2.50. The second kappa shape index (κ2) is 9.39. The van der Waals surface area contributed by atoms with Gasteiger partial charge in [-0.3, -0.25) is 9.59 Å². The Morgan fingerprint density at radius 3 is 2.08 bits per heavy atom. The number of carbonyl (C=O) groups excluding carboxylic acids is 2. The van der Waals surface area contributed by atoms with E-state index < -0.39 is 11.6 Å². The van der Waals surface area contributed by atoms with Crippen molar-refractivity contribution in [3.63, 3.8) is 0 Å². The first kappa shape index (κ1) is 24.7. The summed E-state index contributed by atoms with van der Waals surface area (Å²) < 4.78 is 6.97. The fourth-order valence-corrected chi connectivity index (χ4v) is 7.96. The highest BCUT2D eigenvalue weighted by atomic mass is 32.2. The lowest BCUT2D eigenvalue weighted by atomic mass is 9.69. The highest BCUT2D eigenvalue weighted by Crippen LogP contribution is 2.63. The molecule has 0 N–H and O–H groups in total. The number of fused-ring (bicyclic) bond motifs is 4. The maximum atomic E-state index is 14.8. The molecule has 196 valence electrons. The van der Waals surface area contributed by atoms with Gasteiger partial charge in [0.25, 0.3) is 0 Å². The van der Waals surface area contributed by atoms with E-state index in [0.717, 1.165) is 32.9 Å². The molecule has 3 unspecified atom stereocenters. The molecule has 7 rings (SSSR count). The summed E-state index contributed by atoms with van der Waals surface area (Å²) in [7, 11) is 0. The van der Waals surface area contributed by atoms with Gasteiger partial charge in [-0.2, -0.15) is 0 Å². The molecule has 4 nitrogen and oxygen atoms in total. The quantitative estimate of drug-likeness (QED) is 0.246. The van der Waals surface area contributed by atoms with Crippen molar-refractivity contribution in [3.8, 4) is 0 Å². The smallest absolute Gasteiger partial charge is 0.190 e. The topological polar surface area (TPSA) is 46.6 Å². The third-order valence-electron chi connectivity index (χ3n) is 8.05. The van der Waals surface area contributed by atoms with Gasteiger partial charge in [0.2, 0.25) is 0 Å². The fraction of sp³-hybridized carbons (Fsp3) is 0.143. The zero-order valence-corrected chi connectivity index (χ0v) is 23.0. The number of thioether (sulfide) groups is 1. The maximum absolute atomic E-state index is 14.8. The zero-order chi connectivity index (χ0) is 27.4. The first-order valence-corrected chi connectivity index (χ1v) is 14.3. The Kier molecular flexibility index (Phi) is 5.79. The molecule has 0 spiro atoms. The van der Waals surface area contributed by atoms with E-state index in [1.807, 2.05) is 97.9 Å². The molecule has 0 radical (unpaired) electrons. The van der Waals surface area contributed by atoms with Crippen LogP contribution in [0.3, 0.4) is 0 Å². The van der Waals surface area contributed by atoms with Crippen LogP contribution in [0.1, 0.15) is 35.3 Å². The zero-order valence-electron chi connectivity index (χ0n) is 22.2. The van der Waals surface area contributed by atoms with Gasteiger partial charge >= 0.3 is 0 Å². The molecule has 0 aliphatic carbocycles. The minimum Gasteiger partial charge on any atom is -0.479 e. The van der Waals surface area contributed by atoms with Crippen LogP contribution >= 0.6 is 11.8 Å². The lowest BCUT2D eigenvalue weighted by molar-refractivity contribution is -0.113. The van der Waals surface area contributed by atoms with Crippen LogP contribution < -0.4 is 4.90 Å². The predicted molar refractivity (Wildman–Crippen MR) is 159 cm³/mol. The minimum absolute atomic E-state index is 0.0473. The molecule has 3 heterocycles. The molecule has 0 aromatic heterocycles. The summed E-state index contributed by atoms with van der Waals surface area (Å²) in [5.74, 6) is 0.428. The monoisotopic (exact) mass is 541 g/mol. The SMILES string of the molecule is CC(=O)C1=C(C)OC2(c3ccccc3)C1=C(c1ccccc1)C1Sc3ccccc3N1C2C(=O)c1ccccc1. The highest BCUT2D eigenvalue weighted by Gasteiger charge is 2.64. The summed E-state index contributed by atoms with van der Waals surface area (Å²) in [4.78, 5) is 31.6. The molecule has 4 aromatic carbocycles. The molecule has 5 heteroatoms. The average molecular weight is 542 g/mol. The van der Waals surface area contributed by atoms with Crippen LogP contribution in [-0.4, -0.2) is 23.0 Å². The number of allylic oxidation sites excluding steroid dienone is 1. The van der Waals surface area contributed by atoms with Crippen molar-refractivity contribution in [2.45, 2.75) is 35.8 Å². The molecule has 3 aliphatic rings. The fourth-order valence-electron chi connectivity index (χ4n) is 6.54. The number of rotatable bonds is 5. The van der Waals surface area contributed by atoms with E-state index in [1.165, 1.54) is 0 Å². The van der Waals surface area contributed by atoms with E-state index in [9.17, 15) is 9.59 Å².